The van der Waals surface area contributed by atoms with Gasteiger partial charge >= 0.3 is 0 Å². The van der Waals surface area contributed by atoms with Crippen molar-refractivity contribution in [3.63, 3.8) is 0 Å². The predicted octanol–water partition coefficient (Wildman–Crippen LogP) is -0.859. The molecule has 0 aromatic carbocycles. The Morgan fingerprint density at radius 3 is 3.08 bits per heavy atom. The summed E-state index contributed by atoms with van der Waals surface area (Å²) in [5.41, 5.74) is 12.3. The molecule has 64 valence electrons. The monoisotopic (exact) mass is 166 g/mol. The van der Waals surface area contributed by atoms with E-state index in [0.29, 0.717) is 24.3 Å². The van der Waals surface area contributed by atoms with Crippen LogP contribution in [-0.2, 0) is 6.42 Å². The normalized spacial score (nSPS) is 11.1. The summed E-state index contributed by atoms with van der Waals surface area (Å²) in [6, 6.07) is 0. The third-order valence-electron chi connectivity index (χ3n) is 1.71. The van der Waals surface area contributed by atoms with Crippen LogP contribution in [0, 0.1) is 0 Å². The molecule has 0 aliphatic rings. The molecule has 2 heterocycles. The highest BCUT2D eigenvalue weighted by Crippen LogP contribution is 2.10. The molecule has 0 atom stereocenters. The minimum Gasteiger partial charge on any atom is -0.394 e. The Bertz CT molecular complexity index is 386. The van der Waals surface area contributed by atoms with Crippen LogP contribution in [-0.4, -0.2) is 26.4 Å². The van der Waals surface area contributed by atoms with E-state index < -0.39 is 0 Å². The molecule has 0 fully saturated rings. The van der Waals surface area contributed by atoms with E-state index in [2.05, 4.69) is 15.3 Å². The van der Waals surface area contributed by atoms with Crippen LogP contribution in [0.15, 0.2) is 6.20 Å². The van der Waals surface area contributed by atoms with Gasteiger partial charge in [0.1, 0.15) is 0 Å². The van der Waals surface area contributed by atoms with Crippen molar-refractivity contribution in [2.45, 2.75) is 6.42 Å². The third kappa shape index (κ3) is 0.850. The lowest BCUT2D eigenvalue weighted by molar-refractivity contribution is 0.798. The average molecular weight is 166 g/mol. The van der Waals surface area contributed by atoms with Crippen molar-refractivity contribution in [3.8, 4) is 0 Å². The summed E-state index contributed by atoms with van der Waals surface area (Å²) >= 11 is 0. The number of H-pyrrole nitrogens is 1. The van der Waals surface area contributed by atoms with Crippen molar-refractivity contribution in [2.75, 3.05) is 12.3 Å². The smallest absolute Gasteiger partial charge is 0.200 e. The van der Waals surface area contributed by atoms with Crippen molar-refractivity contribution in [2.24, 2.45) is 5.73 Å². The van der Waals surface area contributed by atoms with E-state index >= 15 is 0 Å². The maximum absolute atomic E-state index is 5.60. The second kappa shape index (κ2) is 2.49. The van der Waals surface area contributed by atoms with Crippen LogP contribution < -0.4 is 11.5 Å². The van der Waals surface area contributed by atoms with Crippen molar-refractivity contribution < 1.29 is 0 Å². The highest BCUT2D eigenvalue weighted by molar-refractivity contribution is 5.62. The van der Waals surface area contributed by atoms with Gasteiger partial charge in [-0.05, 0) is 6.54 Å². The maximum Gasteiger partial charge on any atom is 0.200 e. The van der Waals surface area contributed by atoms with Gasteiger partial charge in [0.2, 0.25) is 0 Å². The summed E-state index contributed by atoms with van der Waals surface area (Å²) in [6.07, 6.45) is 2.38. The van der Waals surface area contributed by atoms with Gasteiger partial charge in [0.25, 0.3) is 0 Å². The van der Waals surface area contributed by atoms with Gasteiger partial charge in [-0.15, -0.1) is 10.2 Å². The first-order chi connectivity index (χ1) is 5.83. The first-order valence-corrected chi connectivity index (χ1v) is 3.70. The summed E-state index contributed by atoms with van der Waals surface area (Å²) in [7, 11) is 0. The molecule has 2 rings (SSSR count). The molecule has 6 heteroatoms. The van der Waals surface area contributed by atoms with E-state index in [1.807, 2.05) is 0 Å². The predicted molar refractivity (Wildman–Crippen MR) is 44.5 cm³/mol. The molecule has 0 spiro atoms. The van der Waals surface area contributed by atoms with Gasteiger partial charge in [0.15, 0.2) is 11.5 Å². The van der Waals surface area contributed by atoms with E-state index in [0.717, 1.165) is 5.82 Å². The Morgan fingerprint density at radius 2 is 2.33 bits per heavy atom. The fourth-order valence-corrected chi connectivity index (χ4v) is 1.13. The topological polar surface area (TPSA) is 98.0 Å². The molecular formula is C6H10N6. The highest BCUT2D eigenvalue weighted by Gasteiger charge is 2.07. The Labute approximate surface area is 68.5 Å². The zero-order valence-electron chi connectivity index (χ0n) is 6.49. The van der Waals surface area contributed by atoms with Gasteiger partial charge < -0.3 is 11.5 Å². The number of hydrogen-bond donors (Lipinski definition) is 3. The Morgan fingerprint density at radius 1 is 1.50 bits per heavy atom. The summed E-state index contributed by atoms with van der Waals surface area (Å²) in [5, 5.41) is 10.8. The molecule has 2 aromatic rings. The van der Waals surface area contributed by atoms with Crippen LogP contribution in [0.2, 0.25) is 0 Å². The molecule has 5 N–H and O–H groups in total. The summed E-state index contributed by atoms with van der Waals surface area (Å²) in [4.78, 5) is 0. The van der Waals surface area contributed by atoms with E-state index in [9.17, 15) is 0 Å². The Kier molecular flexibility index (Phi) is 1.47. The Balaban J connectivity index is 2.55. The number of aromatic amines is 1. The van der Waals surface area contributed by atoms with E-state index in [-0.39, 0.29) is 0 Å². The van der Waals surface area contributed by atoms with Crippen LogP contribution in [0.25, 0.3) is 5.65 Å². The number of nitrogen functional groups attached to an aromatic ring is 1. The molecular weight excluding hydrogens is 156 g/mol. The number of fused-ring (bicyclic) bond motifs is 1. The molecule has 2 aromatic heterocycles. The van der Waals surface area contributed by atoms with Crippen LogP contribution in [0.1, 0.15) is 5.82 Å². The minimum atomic E-state index is 0.555. The zero-order chi connectivity index (χ0) is 8.55. The molecule has 0 aliphatic carbocycles. The molecule has 0 aliphatic heterocycles. The first-order valence-electron chi connectivity index (χ1n) is 3.70. The first kappa shape index (κ1) is 7.11. The lowest BCUT2D eigenvalue weighted by atomic mass is 10.4. The van der Waals surface area contributed by atoms with Crippen LogP contribution in [0.5, 0.6) is 0 Å². The van der Waals surface area contributed by atoms with Crippen molar-refractivity contribution in [1.82, 2.24) is 19.8 Å². The summed E-state index contributed by atoms with van der Waals surface area (Å²) < 4.78 is 1.74. The SMILES string of the molecule is NCCc1nnc2c(N)c[nH]n12. The fourth-order valence-electron chi connectivity index (χ4n) is 1.13. The zero-order valence-corrected chi connectivity index (χ0v) is 6.49. The number of nitrogens with zero attached hydrogens (tertiary/aromatic N) is 3. The number of hydrogen-bond acceptors (Lipinski definition) is 4. The number of aromatic nitrogens is 4. The second-order valence-electron chi connectivity index (χ2n) is 2.54. The molecule has 0 saturated carbocycles. The summed E-state index contributed by atoms with van der Waals surface area (Å²) in [6.45, 7) is 0.555. The van der Waals surface area contributed by atoms with Gasteiger partial charge in [-0.25, -0.2) is 4.52 Å². The largest absolute Gasteiger partial charge is 0.394 e. The van der Waals surface area contributed by atoms with Gasteiger partial charge in [-0.1, -0.05) is 0 Å². The molecule has 0 amide bonds. The molecule has 0 unspecified atom stereocenters. The summed E-state index contributed by atoms with van der Waals surface area (Å²) in [5.74, 6) is 0.809. The second-order valence-corrected chi connectivity index (χ2v) is 2.54. The molecule has 0 saturated heterocycles. The van der Waals surface area contributed by atoms with E-state index in [1.54, 1.807) is 10.7 Å². The van der Waals surface area contributed by atoms with Crippen LogP contribution in [0.4, 0.5) is 5.69 Å². The molecule has 0 radical (unpaired) electrons. The highest BCUT2D eigenvalue weighted by atomic mass is 15.4. The van der Waals surface area contributed by atoms with Crippen LogP contribution in [0.3, 0.4) is 0 Å². The van der Waals surface area contributed by atoms with E-state index in [1.165, 1.54) is 0 Å². The number of anilines is 1. The maximum atomic E-state index is 5.60. The Hall–Kier alpha value is -1.56. The lowest BCUT2D eigenvalue weighted by Gasteiger charge is -1.90. The van der Waals surface area contributed by atoms with Crippen molar-refractivity contribution >= 4 is 11.3 Å². The van der Waals surface area contributed by atoms with Crippen molar-refractivity contribution in [3.05, 3.63) is 12.0 Å². The molecule has 0 bridgehead atoms. The molecule has 12 heavy (non-hydrogen) atoms. The number of nitrogens with one attached hydrogen (secondary N) is 1. The van der Waals surface area contributed by atoms with Crippen molar-refractivity contribution in [1.29, 1.82) is 0 Å². The van der Waals surface area contributed by atoms with Gasteiger partial charge in [0.05, 0.1) is 5.69 Å². The van der Waals surface area contributed by atoms with Gasteiger partial charge in [0, 0.05) is 12.6 Å². The van der Waals surface area contributed by atoms with E-state index in [4.69, 9.17) is 11.5 Å². The molecule has 6 nitrogen and oxygen atoms in total. The average Bonchev–Trinajstić information content (AvgIpc) is 2.58. The third-order valence-corrected chi connectivity index (χ3v) is 1.71. The number of nitrogens with two attached hydrogens (primary N) is 2. The fraction of sp³-hybridized carbons (Fsp3) is 0.333. The van der Waals surface area contributed by atoms with Crippen LogP contribution >= 0.6 is 0 Å². The van der Waals surface area contributed by atoms with Gasteiger partial charge in [-0.3, -0.25) is 5.10 Å². The van der Waals surface area contributed by atoms with Gasteiger partial charge in [-0.2, -0.15) is 0 Å². The minimum absolute atomic E-state index is 0.555. The quantitative estimate of drug-likeness (QED) is 0.540. The standard InChI is InChI=1S/C6H10N6/c7-2-1-5-10-11-6-4(8)3-9-12(5)6/h3,9H,1-2,7-8H2. The number of rotatable bonds is 2. The lowest BCUT2D eigenvalue weighted by Crippen LogP contribution is -2.06.